The van der Waals surface area contributed by atoms with Crippen molar-refractivity contribution >= 4 is 17.6 Å². The zero-order valence-electron chi connectivity index (χ0n) is 17.1. The molecule has 0 radical (unpaired) electrons. The number of methoxy groups -OCH3 is 1. The maximum atomic E-state index is 12.7. The number of hydrogen-bond donors (Lipinski definition) is 3. The first-order valence-electron chi connectivity index (χ1n) is 9.60. The summed E-state index contributed by atoms with van der Waals surface area (Å²) < 4.78 is 10.4. The van der Waals surface area contributed by atoms with E-state index in [1.807, 2.05) is 44.2 Å². The fraction of sp³-hybridized carbons (Fsp3) is 0.364. The van der Waals surface area contributed by atoms with Crippen LogP contribution in [0.1, 0.15) is 19.4 Å². The molecule has 2 aromatic carbocycles. The van der Waals surface area contributed by atoms with Crippen molar-refractivity contribution in [3.05, 3.63) is 60.2 Å². The fourth-order valence-corrected chi connectivity index (χ4v) is 2.60. The summed E-state index contributed by atoms with van der Waals surface area (Å²) in [6.07, 6.45) is 0. The van der Waals surface area contributed by atoms with E-state index >= 15 is 0 Å². The summed E-state index contributed by atoms with van der Waals surface area (Å²) in [6, 6.07) is 15.6. The van der Waals surface area contributed by atoms with Crippen molar-refractivity contribution < 1.29 is 19.1 Å². The van der Waals surface area contributed by atoms with Crippen LogP contribution in [0.2, 0.25) is 0 Å². The van der Waals surface area contributed by atoms with Gasteiger partial charge in [-0.3, -0.25) is 4.79 Å². The molecular formula is C22H29N3O4. The topological polar surface area (TPSA) is 88.7 Å². The predicted molar refractivity (Wildman–Crippen MR) is 113 cm³/mol. The molecule has 2 aromatic rings. The normalized spacial score (nSPS) is 11.6. The van der Waals surface area contributed by atoms with Crippen molar-refractivity contribution in [3.8, 4) is 5.75 Å². The van der Waals surface area contributed by atoms with Crippen molar-refractivity contribution in [1.82, 2.24) is 10.6 Å². The molecule has 0 spiro atoms. The lowest BCUT2D eigenvalue weighted by Gasteiger charge is -2.22. The Morgan fingerprint density at radius 1 is 0.966 bits per heavy atom. The van der Waals surface area contributed by atoms with Crippen LogP contribution in [-0.4, -0.2) is 38.3 Å². The van der Waals surface area contributed by atoms with Gasteiger partial charge in [0.05, 0.1) is 6.61 Å². The number of rotatable bonds is 10. The van der Waals surface area contributed by atoms with Gasteiger partial charge in [-0.25, -0.2) is 4.79 Å². The Kier molecular flexibility index (Phi) is 8.98. The van der Waals surface area contributed by atoms with E-state index in [1.54, 1.807) is 31.4 Å². The van der Waals surface area contributed by atoms with Crippen LogP contribution >= 0.6 is 0 Å². The van der Waals surface area contributed by atoms with Gasteiger partial charge in [-0.05, 0) is 35.7 Å². The van der Waals surface area contributed by atoms with Crippen LogP contribution in [-0.2, 0) is 16.1 Å². The minimum Gasteiger partial charge on any atom is -0.491 e. The Bertz CT molecular complexity index is 763. The standard InChI is InChI=1S/C22H29N3O4/c1-16(2)20(25-22(27)23-15-17-7-5-4-6-8-17)21(26)24-18-9-11-19(12-10-18)29-14-13-28-3/h4-12,16,20H,13-15H2,1-3H3,(H,24,26)(H2,23,25,27). The van der Waals surface area contributed by atoms with Crippen molar-refractivity contribution in [2.45, 2.75) is 26.4 Å². The molecule has 2 rings (SSSR count). The first-order valence-corrected chi connectivity index (χ1v) is 9.60. The summed E-state index contributed by atoms with van der Waals surface area (Å²) in [6.45, 7) is 5.12. The number of urea groups is 1. The average Bonchev–Trinajstić information content (AvgIpc) is 2.72. The number of nitrogens with one attached hydrogen (secondary N) is 3. The van der Waals surface area contributed by atoms with Crippen molar-refractivity contribution in [3.63, 3.8) is 0 Å². The van der Waals surface area contributed by atoms with Gasteiger partial charge in [0.25, 0.3) is 0 Å². The van der Waals surface area contributed by atoms with Crippen molar-refractivity contribution in [1.29, 1.82) is 0 Å². The molecule has 0 aromatic heterocycles. The minimum atomic E-state index is -0.664. The highest BCUT2D eigenvalue weighted by molar-refractivity contribution is 5.97. The molecular weight excluding hydrogens is 370 g/mol. The molecule has 0 aliphatic carbocycles. The van der Waals surface area contributed by atoms with Crippen LogP contribution in [0.5, 0.6) is 5.75 Å². The minimum absolute atomic E-state index is 0.0749. The molecule has 3 amide bonds. The molecule has 7 heteroatoms. The SMILES string of the molecule is COCCOc1ccc(NC(=O)C(NC(=O)NCc2ccccc2)C(C)C)cc1. The lowest BCUT2D eigenvalue weighted by molar-refractivity contribution is -0.118. The number of carbonyl (C=O) groups is 2. The number of amides is 3. The van der Waals surface area contributed by atoms with Gasteiger partial charge in [-0.2, -0.15) is 0 Å². The van der Waals surface area contributed by atoms with E-state index in [-0.39, 0.29) is 17.9 Å². The maximum absolute atomic E-state index is 12.7. The Balaban J connectivity index is 1.87. The Labute approximate surface area is 171 Å². The first kappa shape index (κ1) is 22.2. The van der Waals surface area contributed by atoms with Crippen LogP contribution in [0.15, 0.2) is 54.6 Å². The van der Waals surface area contributed by atoms with Gasteiger partial charge < -0.3 is 25.4 Å². The van der Waals surface area contributed by atoms with Crippen molar-refractivity contribution in [2.24, 2.45) is 5.92 Å². The molecule has 0 heterocycles. The highest BCUT2D eigenvalue weighted by Crippen LogP contribution is 2.16. The number of ether oxygens (including phenoxy) is 2. The highest BCUT2D eigenvalue weighted by atomic mass is 16.5. The lowest BCUT2D eigenvalue weighted by Crippen LogP contribution is -2.50. The molecule has 1 atom stereocenters. The maximum Gasteiger partial charge on any atom is 0.315 e. The van der Waals surface area contributed by atoms with Gasteiger partial charge in [0, 0.05) is 19.3 Å². The summed E-state index contributed by atoms with van der Waals surface area (Å²) >= 11 is 0. The van der Waals surface area contributed by atoms with Gasteiger partial charge in [-0.15, -0.1) is 0 Å². The zero-order chi connectivity index (χ0) is 21.1. The van der Waals surface area contributed by atoms with Gasteiger partial charge >= 0.3 is 6.03 Å². The summed E-state index contributed by atoms with van der Waals surface area (Å²) in [5, 5.41) is 8.37. The van der Waals surface area contributed by atoms with Gasteiger partial charge in [0.2, 0.25) is 5.91 Å². The van der Waals surface area contributed by atoms with E-state index in [0.717, 1.165) is 5.56 Å². The monoisotopic (exact) mass is 399 g/mol. The highest BCUT2D eigenvalue weighted by Gasteiger charge is 2.24. The summed E-state index contributed by atoms with van der Waals surface area (Å²) in [5.74, 6) is 0.343. The Morgan fingerprint density at radius 3 is 2.28 bits per heavy atom. The second-order valence-electron chi connectivity index (χ2n) is 6.89. The van der Waals surface area contributed by atoms with Gasteiger partial charge in [-0.1, -0.05) is 44.2 Å². The van der Waals surface area contributed by atoms with Crippen molar-refractivity contribution in [2.75, 3.05) is 25.6 Å². The smallest absolute Gasteiger partial charge is 0.315 e. The molecule has 3 N–H and O–H groups in total. The first-order chi connectivity index (χ1) is 14.0. The molecule has 0 saturated heterocycles. The van der Waals surface area contributed by atoms with E-state index in [2.05, 4.69) is 16.0 Å². The van der Waals surface area contributed by atoms with E-state index in [4.69, 9.17) is 9.47 Å². The van der Waals surface area contributed by atoms with Crippen LogP contribution in [0.3, 0.4) is 0 Å². The predicted octanol–water partition coefficient (Wildman–Crippen LogP) is 3.17. The van der Waals surface area contributed by atoms with Gasteiger partial charge in [0.15, 0.2) is 0 Å². The lowest BCUT2D eigenvalue weighted by atomic mass is 10.0. The zero-order valence-corrected chi connectivity index (χ0v) is 17.1. The third-order valence-electron chi connectivity index (χ3n) is 4.21. The van der Waals surface area contributed by atoms with Crippen LogP contribution < -0.4 is 20.7 Å². The molecule has 156 valence electrons. The Hall–Kier alpha value is -3.06. The summed E-state index contributed by atoms with van der Waals surface area (Å²) in [4.78, 5) is 24.9. The third-order valence-corrected chi connectivity index (χ3v) is 4.21. The summed E-state index contributed by atoms with van der Waals surface area (Å²) in [7, 11) is 1.61. The third kappa shape index (κ3) is 7.83. The molecule has 29 heavy (non-hydrogen) atoms. The van der Waals surface area contributed by atoms with Crippen LogP contribution in [0, 0.1) is 5.92 Å². The second kappa shape index (κ2) is 11.7. The second-order valence-corrected chi connectivity index (χ2v) is 6.89. The molecule has 0 aliphatic heterocycles. The largest absolute Gasteiger partial charge is 0.491 e. The van der Waals surface area contributed by atoms with Crippen LogP contribution in [0.25, 0.3) is 0 Å². The molecule has 1 unspecified atom stereocenters. The van der Waals surface area contributed by atoms with Gasteiger partial charge in [0.1, 0.15) is 18.4 Å². The average molecular weight is 399 g/mol. The van der Waals surface area contributed by atoms with E-state index < -0.39 is 6.04 Å². The number of anilines is 1. The fourth-order valence-electron chi connectivity index (χ4n) is 2.60. The summed E-state index contributed by atoms with van der Waals surface area (Å²) in [5.41, 5.74) is 1.62. The molecule has 0 aliphatic rings. The van der Waals surface area contributed by atoms with Crippen LogP contribution in [0.4, 0.5) is 10.5 Å². The number of hydrogen-bond acceptors (Lipinski definition) is 4. The van der Waals surface area contributed by atoms with E-state index in [1.165, 1.54) is 0 Å². The number of carbonyl (C=O) groups excluding carboxylic acids is 2. The quantitative estimate of drug-likeness (QED) is 0.536. The molecule has 0 bridgehead atoms. The molecule has 0 fully saturated rings. The molecule has 7 nitrogen and oxygen atoms in total. The molecule has 0 saturated carbocycles. The van der Waals surface area contributed by atoms with E-state index in [9.17, 15) is 9.59 Å². The number of benzene rings is 2. The van der Waals surface area contributed by atoms with E-state index in [0.29, 0.717) is 31.2 Å². The Morgan fingerprint density at radius 2 is 1.66 bits per heavy atom.